The third-order valence-corrected chi connectivity index (χ3v) is 5.06. The number of anilines is 1. The van der Waals surface area contributed by atoms with E-state index >= 15 is 0 Å². The van der Waals surface area contributed by atoms with Crippen LogP contribution in [0.25, 0.3) is 0 Å². The first-order valence-corrected chi connectivity index (χ1v) is 9.88. The molecule has 0 aliphatic carbocycles. The summed E-state index contributed by atoms with van der Waals surface area (Å²) in [6, 6.07) is 9.78. The van der Waals surface area contributed by atoms with Gasteiger partial charge in [0.2, 0.25) is 11.8 Å². The van der Waals surface area contributed by atoms with Crippen molar-refractivity contribution in [3.63, 3.8) is 0 Å². The zero-order chi connectivity index (χ0) is 20.6. The Morgan fingerprint density at radius 1 is 1.10 bits per heavy atom. The molecule has 1 unspecified atom stereocenters. The van der Waals surface area contributed by atoms with Gasteiger partial charge in [-0.25, -0.2) is 0 Å². The van der Waals surface area contributed by atoms with E-state index in [1.165, 1.54) is 0 Å². The largest absolute Gasteiger partial charge is 0.379 e. The Labute approximate surface area is 171 Å². The monoisotopic (exact) mass is 396 g/mol. The first kappa shape index (κ1) is 21.0. The van der Waals surface area contributed by atoms with Crippen molar-refractivity contribution in [3.05, 3.63) is 59.4 Å². The average molecular weight is 396 g/mol. The highest BCUT2D eigenvalue weighted by Gasteiger charge is 2.23. The zero-order valence-electron chi connectivity index (χ0n) is 17.0. The van der Waals surface area contributed by atoms with E-state index in [0.29, 0.717) is 19.8 Å². The van der Waals surface area contributed by atoms with Gasteiger partial charge in [0, 0.05) is 37.7 Å². The highest BCUT2D eigenvalue weighted by Crippen LogP contribution is 2.21. The lowest BCUT2D eigenvalue weighted by molar-refractivity contribution is -0.127. The Kier molecular flexibility index (Phi) is 7.32. The van der Waals surface area contributed by atoms with Gasteiger partial charge in [-0.2, -0.15) is 0 Å². The predicted molar refractivity (Wildman–Crippen MR) is 112 cm³/mol. The van der Waals surface area contributed by atoms with Gasteiger partial charge >= 0.3 is 0 Å². The Morgan fingerprint density at radius 3 is 2.55 bits per heavy atom. The number of hydrogen-bond donors (Lipinski definition) is 2. The number of nitrogens with one attached hydrogen (secondary N) is 2. The second-order valence-corrected chi connectivity index (χ2v) is 7.29. The molecule has 1 atom stereocenters. The van der Waals surface area contributed by atoms with Crippen LogP contribution in [0, 0.1) is 13.8 Å². The molecule has 0 bridgehead atoms. The van der Waals surface area contributed by atoms with Crippen molar-refractivity contribution in [3.8, 4) is 0 Å². The topological polar surface area (TPSA) is 83.6 Å². The van der Waals surface area contributed by atoms with Crippen LogP contribution in [-0.4, -0.2) is 54.5 Å². The Hall–Kier alpha value is -2.77. The Balaban J connectivity index is 1.56. The number of nitrogens with zero attached hydrogens (tertiary/aromatic N) is 2. The summed E-state index contributed by atoms with van der Waals surface area (Å²) < 4.78 is 5.44. The first-order valence-electron chi connectivity index (χ1n) is 9.88. The summed E-state index contributed by atoms with van der Waals surface area (Å²) in [6.45, 7) is 7.27. The maximum absolute atomic E-state index is 12.4. The van der Waals surface area contributed by atoms with E-state index in [9.17, 15) is 9.59 Å². The summed E-state index contributed by atoms with van der Waals surface area (Å²) in [7, 11) is 0. The van der Waals surface area contributed by atoms with Gasteiger partial charge in [0.15, 0.2) is 0 Å². The molecule has 1 aliphatic rings. The van der Waals surface area contributed by atoms with Crippen molar-refractivity contribution in [1.82, 2.24) is 15.2 Å². The number of morpholine rings is 1. The van der Waals surface area contributed by atoms with Crippen molar-refractivity contribution >= 4 is 17.5 Å². The molecule has 3 rings (SSSR count). The molecule has 7 heteroatoms. The second kappa shape index (κ2) is 10.1. The summed E-state index contributed by atoms with van der Waals surface area (Å²) in [5.74, 6) is -0.608. The van der Waals surface area contributed by atoms with Crippen LogP contribution in [0.15, 0.2) is 42.7 Å². The number of ether oxygens (including phenoxy) is 1. The second-order valence-electron chi connectivity index (χ2n) is 7.29. The van der Waals surface area contributed by atoms with Crippen LogP contribution >= 0.6 is 0 Å². The third-order valence-electron chi connectivity index (χ3n) is 5.06. The molecule has 2 heterocycles. The number of aromatic nitrogens is 1. The molecule has 0 spiro atoms. The van der Waals surface area contributed by atoms with E-state index in [4.69, 9.17) is 4.74 Å². The molecule has 2 N–H and O–H groups in total. The SMILES string of the molecule is Cc1ccc(C)c(NC(=O)CC(=O)NCC(c2ccncc2)N2CCOCC2)c1. The highest BCUT2D eigenvalue weighted by atomic mass is 16.5. The number of benzene rings is 1. The number of rotatable bonds is 7. The molecule has 1 aliphatic heterocycles. The molecule has 0 radical (unpaired) electrons. The van der Waals surface area contributed by atoms with E-state index < -0.39 is 0 Å². The third kappa shape index (κ3) is 6.10. The number of pyridine rings is 1. The minimum atomic E-state index is -0.317. The summed E-state index contributed by atoms with van der Waals surface area (Å²) in [4.78, 5) is 31.0. The van der Waals surface area contributed by atoms with Gasteiger partial charge in [-0.3, -0.25) is 19.5 Å². The van der Waals surface area contributed by atoms with Crippen molar-refractivity contribution in [2.75, 3.05) is 38.2 Å². The van der Waals surface area contributed by atoms with E-state index in [2.05, 4.69) is 20.5 Å². The van der Waals surface area contributed by atoms with Crippen LogP contribution in [0.5, 0.6) is 0 Å². The molecule has 7 nitrogen and oxygen atoms in total. The number of hydrogen-bond acceptors (Lipinski definition) is 5. The fourth-order valence-electron chi connectivity index (χ4n) is 3.42. The van der Waals surface area contributed by atoms with Crippen LogP contribution in [0.2, 0.25) is 0 Å². The summed E-state index contributed by atoms with van der Waals surface area (Å²) in [6.07, 6.45) is 3.30. The van der Waals surface area contributed by atoms with Crippen LogP contribution in [0.1, 0.15) is 29.2 Å². The first-order chi connectivity index (χ1) is 14.0. The minimum Gasteiger partial charge on any atom is -0.379 e. The Morgan fingerprint density at radius 2 is 1.83 bits per heavy atom. The normalized spacial score (nSPS) is 15.5. The molecule has 154 valence electrons. The van der Waals surface area contributed by atoms with Gasteiger partial charge in [-0.15, -0.1) is 0 Å². The lowest BCUT2D eigenvalue weighted by Gasteiger charge is -2.34. The number of carbonyl (C=O) groups is 2. The number of aryl methyl sites for hydroxylation is 2. The molecule has 2 amide bonds. The number of carbonyl (C=O) groups excluding carboxylic acids is 2. The van der Waals surface area contributed by atoms with Crippen LogP contribution < -0.4 is 10.6 Å². The van der Waals surface area contributed by atoms with Crippen molar-refractivity contribution in [2.45, 2.75) is 26.3 Å². The molecule has 1 fully saturated rings. The smallest absolute Gasteiger partial charge is 0.233 e. The maximum Gasteiger partial charge on any atom is 0.233 e. The maximum atomic E-state index is 12.4. The van der Waals surface area contributed by atoms with E-state index in [1.807, 2.05) is 44.2 Å². The standard InChI is InChI=1S/C22H28N4O3/c1-16-3-4-17(2)19(13-16)25-22(28)14-21(27)24-15-20(18-5-7-23-8-6-18)26-9-11-29-12-10-26/h3-8,13,20H,9-12,14-15H2,1-2H3,(H,24,27)(H,25,28). The zero-order valence-corrected chi connectivity index (χ0v) is 17.0. The lowest BCUT2D eigenvalue weighted by Crippen LogP contribution is -2.44. The Bertz CT molecular complexity index is 835. The van der Waals surface area contributed by atoms with Crippen molar-refractivity contribution in [2.24, 2.45) is 0 Å². The molecular formula is C22H28N4O3. The lowest BCUT2D eigenvalue weighted by atomic mass is 10.1. The van der Waals surface area contributed by atoms with Crippen molar-refractivity contribution in [1.29, 1.82) is 0 Å². The summed E-state index contributed by atoms with van der Waals surface area (Å²) in [5, 5.41) is 5.75. The fraction of sp³-hybridized carbons (Fsp3) is 0.409. The molecule has 2 aromatic rings. The van der Waals surface area contributed by atoms with Crippen molar-refractivity contribution < 1.29 is 14.3 Å². The quantitative estimate of drug-likeness (QED) is 0.701. The molecule has 1 saturated heterocycles. The average Bonchev–Trinajstić information content (AvgIpc) is 2.72. The molecular weight excluding hydrogens is 368 g/mol. The van der Waals surface area contributed by atoms with E-state index in [-0.39, 0.29) is 24.3 Å². The van der Waals surface area contributed by atoms with Gasteiger partial charge in [-0.05, 0) is 48.7 Å². The molecule has 1 aromatic carbocycles. The summed E-state index contributed by atoms with van der Waals surface area (Å²) >= 11 is 0. The van der Waals surface area contributed by atoms with Crippen LogP contribution in [0.4, 0.5) is 5.69 Å². The summed E-state index contributed by atoms with van der Waals surface area (Å²) in [5.41, 5.74) is 3.85. The molecule has 1 aromatic heterocycles. The highest BCUT2D eigenvalue weighted by molar-refractivity contribution is 6.03. The van der Waals surface area contributed by atoms with Crippen LogP contribution in [-0.2, 0) is 14.3 Å². The van der Waals surface area contributed by atoms with Gasteiger partial charge in [0.1, 0.15) is 6.42 Å². The van der Waals surface area contributed by atoms with Gasteiger partial charge in [-0.1, -0.05) is 12.1 Å². The van der Waals surface area contributed by atoms with Gasteiger partial charge in [0.05, 0.1) is 19.3 Å². The van der Waals surface area contributed by atoms with Gasteiger partial charge in [0.25, 0.3) is 0 Å². The van der Waals surface area contributed by atoms with Gasteiger partial charge < -0.3 is 15.4 Å². The predicted octanol–water partition coefficient (Wildman–Crippen LogP) is 2.22. The van der Waals surface area contributed by atoms with E-state index in [0.717, 1.165) is 35.5 Å². The fourth-order valence-corrected chi connectivity index (χ4v) is 3.42. The minimum absolute atomic E-state index is 0.0212. The van der Waals surface area contributed by atoms with E-state index in [1.54, 1.807) is 12.4 Å². The molecule has 29 heavy (non-hydrogen) atoms. The molecule has 0 saturated carbocycles. The van der Waals surface area contributed by atoms with Crippen LogP contribution in [0.3, 0.4) is 0 Å². The number of amides is 2.